The van der Waals surface area contributed by atoms with Crippen molar-refractivity contribution in [3.05, 3.63) is 0 Å². The van der Waals surface area contributed by atoms with Gasteiger partial charge in [-0.2, -0.15) is 0 Å². The molecule has 0 spiro atoms. The van der Waals surface area contributed by atoms with Crippen LogP contribution in [-0.2, 0) is 19.1 Å². The van der Waals surface area contributed by atoms with Crippen LogP contribution in [0.3, 0.4) is 0 Å². The smallest absolute Gasteiger partial charge is 0.329 e. The van der Waals surface area contributed by atoms with Crippen LogP contribution in [0, 0.1) is 0 Å². The van der Waals surface area contributed by atoms with E-state index in [1.165, 1.54) is 16.7 Å². The summed E-state index contributed by atoms with van der Waals surface area (Å²) in [6, 6.07) is 0. The molecule has 106 valence electrons. The van der Waals surface area contributed by atoms with Crippen molar-refractivity contribution in [2.75, 3.05) is 37.9 Å². The molecule has 0 aliphatic carbocycles. The van der Waals surface area contributed by atoms with Crippen LogP contribution in [0.5, 0.6) is 0 Å². The van der Waals surface area contributed by atoms with Gasteiger partial charge >= 0.3 is 5.97 Å². The minimum Gasteiger partial charge on any atom is -0.480 e. The Morgan fingerprint density at radius 3 is 2.68 bits per heavy atom. The number of carbonyl (C=O) groups is 3. The van der Waals surface area contributed by atoms with Gasteiger partial charge in [0.25, 0.3) is 0 Å². The second kappa shape index (κ2) is 5.38. The fourth-order valence-corrected chi connectivity index (χ4v) is 2.97. The zero-order chi connectivity index (χ0) is 14.0. The minimum atomic E-state index is -1.02. The van der Waals surface area contributed by atoms with Gasteiger partial charge in [-0.3, -0.25) is 9.59 Å². The largest absolute Gasteiger partial charge is 0.480 e. The molecule has 0 aromatic rings. The lowest BCUT2D eigenvalue weighted by atomic mass is 9.96. The molecule has 0 unspecified atom stereocenters. The molecule has 2 amide bonds. The van der Waals surface area contributed by atoms with E-state index in [4.69, 9.17) is 9.84 Å². The Kier molecular flexibility index (Phi) is 4.00. The third-order valence-corrected chi connectivity index (χ3v) is 4.04. The number of rotatable bonds is 5. The van der Waals surface area contributed by atoms with Crippen molar-refractivity contribution in [3.8, 4) is 0 Å². The second-order valence-corrected chi connectivity index (χ2v) is 5.91. The number of hydrogen-bond donors (Lipinski definition) is 1. The first-order valence-corrected chi connectivity index (χ1v) is 7.04. The average Bonchev–Trinajstić information content (AvgIpc) is 2.68. The summed E-state index contributed by atoms with van der Waals surface area (Å²) in [6.45, 7) is 2.25. The molecule has 2 fully saturated rings. The number of hydrogen-bond acceptors (Lipinski definition) is 5. The summed E-state index contributed by atoms with van der Waals surface area (Å²) in [5.74, 6) is -0.153. The van der Waals surface area contributed by atoms with Crippen molar-refractivity contribution in [1.82, 2.24) is 9.80 Å². The van der Waals surface area contributed by atoms with Crippen LogP contribution in [-0.4, -0.2) is 76.2 Å². The van der Waals surface area contributed by atoms with Gasteiger partial charge in [0.1, 0.15) is 18.8 Å². The standard InChI is InChI=1S/C11H16N2O5S/c1-11(18-3-10(16)17)5-13(6-11)8(14)2-12-7-19-4-9(12)15/h2-7H2,1H3,(H,16,17). The Morgan fingerprint density at radius 2 is 2.16 bits per heavy atom. The molecule has 19 heavy (non-hydrogen) atoms. The minimum absolute atomic E-state index is 0.0104. The van der Waals surface area contributed by atoms with E-state index in [2.05, 4.69) is 0 Å². The maximum Gasteiger partial charge on any atom is 0.329 e. The normalized spacial score (nSPS) is 21.4. The molecule has 0 atom stereocenters. The lowest BCUT2D eigenvalue weighted by molar-refractivity contribution is -0.174. The third-order valence-electron chi connectivity index (χ3n) is 3.10. The topological polar surface area (TPSA) is 87.2 Å². The van der Waals surface area contributed by atoms with Crippen molar-refractivity contribution in [2.45, 2.75) is 12.5 Å². The Labute approximate surface area is 114 Å². The molecule has 2 aliphatic heterocycles. The monoisotopic (exact) mass is 288 g/mol. The number of nitrogens with zero attached hydrogens (tertiary/aromatic N) is 2. The molecule has 0 aromatic carbocycles. The number of carboxylic acids is 1. The summed E-state index contributed by atoms with van der Waals surface area (Å²) in [5.41, 5.74) is -0.585. The number of amides is 2. The van der Waals surface area contributed by atoms with Crippen molar-refractivity contribution >= 4 is 29.5 Å². The second-order valence-electron chi connectivity index (χ2n) is 4.95. The Balaban J connectivity index is 1.75. The van der Waals surface area contributed by atoms with E-state index in [-0.39, 0.29) is 25.0 Å². The lowest BCUT2D eigenvalue weighted by Crippen LogP contribution is -2.64. The highest BCUT2D eigenvalue weighted by molar-refractivity contribution is 8.00. The molecule has 2 rings (SSSR count). The summed E-state index contributed by atoms with van der Waals surface area (Å²) < 4.78 is 5.22. The molecule has 0 saturated carbocycles. The molecule has 2 heterocycles. The van der Waals surface area contributed by atoms with Crippen LogP contribution in [0.15, 0.2) is 0 Å². The van der Waals surface area contributed by atoms with Crippen LogP contribution in [0.1, 0.15) is 6.92 Å². The summed E-state index contributed by atoms with van der Waals surface area (Å²) in [7, 11) is 0. The molecular formula is C11H16N2O5S. The highest BCUT2D eigenvalue weighted by Gasteiger charge is 2.43. The molecule has 1 N–H and O–H groups in total. The first-order valence-electron chi connectivity index (χ1n) is 5.89. The van der Waals surface area contributed by atoms with E-state index < -0.39 is 11.6 Å². The van der Waals surface area contributed by atoms with E-state index in [0.717, 1.165) is 0 Å². The molecule has 2 aliphatic rings. The molecule has 0 radical (unpaired) electrons. The van der Waals surface area contributed by atoms with Gasteiger partial charge in [-0.1, -0.05) is 0 Å². The summed E-state index contributed by atoms with van der Waals surface area (Å²) in [4.78, 5) is 36.8. The maximum absolute atomic E-state index is 11.9. The highest BCUT2D eigenvalue weighted by Crippen LogP contribution is 2.25. The van der Waals surface area contributed by atoms with Gasteiger partial charge in [0.05, 0.1) is 24.7 Å². The van der Waals surface area contributed by atoms with Crippen molar-refractivity contribution in [3.63, 3.8) is 0 Å². The van der Waals surface area contributed by atoms with Gasteiger partial charge in [-0.25, -0.2) is 4.79 Å². The zero-order valence-corrected chi connectivity index (χ0v) is 11.4. The maximum atomic E-state index is 11.9. The van der Waals surface area contributed by atoms with E-state index in [1.807, 2.05) is 0 Å². The van der Waals surface area contributed by atoms with Gasteiger partial charge in [-0.05, 0) is 6.92 Å². The van der Waals surface area contributed by atoms with Gasteiger partial charge in [-0.15, -0.1) is 11.8 Å². The van der Waals surface area contributed by atoms with Gasteiger partial charge in [0.15, 0.2) is 0 Å². The quantitative estimate of drug-likeness (QED) is 0.714. The molecule has 2 saturated heterocycles. The van der Waals surface area contributed by atoms with Crippen LogP contribution in [0.25, 0.3) is 0 Å². The van der Waals surface area contributed by atoms with Gasteiger partial charge in [0.2, 0.25) is 11.8 Å². The lowest BCUT2D eigenvalue weighted by Gasteiger charge is -2.47. The predicted molar refractivity (Wildman–Crippen MR) is 67.6 cm³/mol. The van der Waals surface area contributed by atoms with Crippen molar-refractivity contribution in [1.29, 1.82) is 0 Å². The number of carbonyl (C=O) groups excluding carboxylic acids is 2. The summed E-state index contributed by atoms with van der Waals surface area (Å²) in [6.07, 6.45) is 0. The Hall–Kier alpha value is -1.28. The first-order chi connectivity index (χ1) is 8.89. The Morgan fingerprint density at radius 1 is 1.47 bits per heavy atom. The SMILES string of the molecule is CC1(OCC(=O)O)CN(C(=O)CN2CSCC2=O)C1. The van der Waals surface area contributed by atoms with Crippen LogP contribution >= 0.6 is 11.8 Å². The molecule has 7 nitrogen and oxygen atoms in total. The number of carboxylic acid groups (broad SMARTS) is 1. The van der Waals surface area contributed by atoms with Gasteiger partial charge < -0.3 is 19.6 Å². The number of thioether (sulfide) groups is 1. The number of aliphatic carboxylic acids is 1. The first kappa shape index (κ1) is 14.1. The Bertz CT molecular complexity index is 408. The molecule has 0 bridgehead atoms. The van der Waals surface area contributed by atoms with Crippen LogP contribution in [0.2, 0.25) is 0 Å². The molecule has 8 heteroatoms. The van der Waals surface area contributed by atoms with E-state index >= 15 is 0 Å². The van der Waals surface area contributed by atoms with Crippen molar-refractivity contribution in [2.24, 2.45) is 0 Å². The van der Waals surface area contributed by atoms with Crippen molar-refractivity contribution < 1.29 is 24.2 Å². The fourth-order valence-electron chi connectivity index (χ4n) is 2.07. The summed E-state index contributed by atoms with van der Waals surface area (Å²) in [5, 5.41) is 8.54. The predicted octanol–water partition coefficient (Wildman–Crippen LogP) is -0.779. The average molecular weight is 288 g/mol. The van der Waals surface area contributed by atoms with E-state index in [9.17, 15) is 14.4 Å². The van der Waals surface area contributed by atoms with E-state index in [0.29, 0.717) is 24.7 Å². The van der Waals surface area contributed by atoms with Gasteiger partial charge in [0, 0.05) is 0 Å². The number of ether oxygens (including phenoxy) is 1. The zero-order valence-electron chi connectivity index (χ0n) is 10.6. The van der Waals surface area contributed by atoms with Crippen LogP contribution in [0.4, 0.5) is 0 Å². The number of likely N-dealkylation sites (tertiary alicyclic amines) is 1. The highest BCUT2D eigenvalue weighted by atomic mass is 32.2. The summed E-state index contributed by atoms with van der Waals surface area (Å²) >= 11 is 1.50. The molecular weight excluding hydrogens is 272 g/mol. The molecule has 0 aromatic heterocycles. The third kappa shape index (κ3) is 3.38. The van der Waals surface area contributed by atoms with E-state index in [1.54, 1.807) is 11.8 Å². The fraction of sp³-hybridized carbons (Fsp3) is 0.727. The van der Waals surface area contributed by atoms with Crippen LogP contribution < -0.4 is 0 Å².